The first-order valence-corrected chi connectivity index (χ1v) is 7.99. The molecule has 2 aliphatic rings. The Balaban J connectivity index is 1.65. The molecule has 3 rings (SSSR count). The molecule has 7 nitrogen and oxygen atoms in total. The molecule has 3 amide bonds. The minimum atomic E-state index is -0.396. The second-order valence-corrected chi connectivity index (χ2v) is 6.44. The van der Waals surface area contributed by atoms with Crippen molar-refractivity contribution in [2.75, 3.05) is 32.5 Å². The molecule has 0 aromatic heterocycles. The number of nitrogens with zero attached hydrogens (tertiary/aromatic N) is 2. The molecule has 1 aromatic rings. The zero-order valence-electron chi connectivity index (χ0n) is 13.8. The zero-order valence-corrected chi connectivity index (χ0v) is 13.8. The van der Waals surface area contributed by atoms with Crippen LogP contribution in [0.2, 0.25) is 0 Å². The molecule has 0 bridgehead atoms. The maximum atomic E-state index is 13.2. The molecule has 1 aromatic carbocycles. The summed E-state index contributed by atoms with van der Waals surface area (Å²) in [6.07, 6.45) is 0.755. The van der Waals surface area contributed by atoms with E-state index in [0.29, 0.717) is 18.8 Å². The lowest BCUT2D eigenvalue weighted by atomic mass is 9.88. The Hall–Kier alpha value is -2.19. The average Bonchev–Trinajstić information content (AvgIpc) is 2.97. The van der Waals surface area contributed by atoms with Crippen molar-refractivity contribution in [3.05, 3.63) is 30.1 Å². The number of carbonyl (C=O) groups is 2. The van der Waals surface area contributed by atoms with E-state index in [1.54, 1.807) is 36.0 Å². The number of benzene rings is 1. The van der Waals surface area contributed by atoms with Gasteiger partial charge in [0.25, 0.3) is 0 Å². The normalized spacial score (nSPS) is 26.0. The summed E-state index contributed by atoms with van der Waals surface area (Å²) in [4.78, 5) is 27.9. The van der Waals surface area contributed by atoms with Crippen LogP contribution >= 0.6 is 0 Å². The molecule has 8 heteroatoms. The lowest BCUT2D eigenvalue weighted by Gasteiger charge is -2.36. The van der Waals surface area contributed by atoms with Crippen LogP contribution in [-0.2, 0) is 4.79 Å². The van der Waals surface area contributed by atoms with Gasteiger partial charge in [-0.25, -0.2) is 14.6 Å². The second kappa shape index (κ2) is 6.74. The molecule has 2 saturated heterocycles. The number of hydrogen-bond donors (Lipinski definition) is 3. The molecule has 3 unspecified atom stereocenters. The van der Waals surface area contributed by atoms with E-state index in [0.717, 1.165) is 6.42 Å². The third kappa shape index (κ3) is 3.34. The van der Waals surface area contributed by atoms with E-state index in [9.17, 15) is 14.0 Å². The third-order valence-corrected chi connectivity index (χ3v) is 4.58. The third-order valence-electron chi connectivity index (χ3n) is 4.58. The van der Waals surface area contributed by atoms with E-state index in [1.807, 2.05) is 0 Å². The van der Waals surface area contributed by atoms with Crippen LogP contribution < -0.4 is 16.2 Å². The number of urea groups is 1. The molecule has 24 heavy (non-hydrogen) atoms. The maximum Gasteiger partial charge on any atom is 0.321 e. The number of fused-ring (bicyclic) bond motifs is 1. The Morgan fingerprint density at radius 3 is 2.83 bits per heavy atom. The SMILES string of the molecule is CN(C)C(=O)C1NNC2CCN(C(=O)Nc3cccc(F)c3)CC21. The summed E-state index contributed by atoms with van der Waals surface area (Å²) in [5.74, 6) is -0.401. The topological polar surface area (TPSA) is 76.7 Å². The molecule has 2 aliphatic heterocycles. The number of halogens is 1. The lowest BCUT2D eigenvalue weighted by Crippen LogP contribution is -2.52. The number of anilines is 1. The fourth-order valence-corrected chi connectivity index (χ4v) is 3.28. The van der Waals surface area contributed by atoms with Gasteiger partial charge in [0.15, 0.2) is 0 Å². The van der Waals surface area contributed by atoms with Crippen molar-refractivity contribution >= 4 is 17.6 Å². The Kier molecular flexibility index (Phi) is 4.68. The summed E-state index contributed by atoms with van der Waals surface area (Å²) in [7, 11) is 3.43. The van der Waals surface area contributed by atoms with Crippen LogP contribution in [0.1, 0.15) is 6.42 Å². The van der Waals surface area contributed by atoms with Gasteiger partial charge in [-0.3, -0.25) is 10.2 Å². The first-order valence-electron chi connectivity index (χ1n) is 7.99. The quantitative estimate of drug-likeness (QED) is 0.740. The Labute approximate surface area is 140 Å². The molecule has 3 atom stereocenters. The zero-order chi connectivity index (χ0) is 17.3. The summed E-state index contributed by atoms with van der Waals surface area (Å²) in [6, 6.07) is 5.34. The molecule has 0 aliphatic carbocycles. The van der Waals surface area contributed by atoms with E-state index in [1.165, 1.54) is 12.1 Å². The van der Waals surface area contributed by atoms with Gasteiger partial charge in [0, 0.05) is 44.8 Å². The van der Waals surface area contributed by atoms with Crippen LogP contribution in [0.4, 0.5) is 14.9 Å². The first kappa shape index (κ1) is 16.7. The van der Waals surface area contributed by atoms with Crippen molar-refractivity contribution < 1.29 is 14.0 Å². The number of amides is 3. The highest BCUT2D eigenvalue weighted by Gasteiger charge is 2.44. The van der Waals surface area contributed by atoms with Gasteiger partial charge in [-0.15, -0.1) is 0 Å². The molecule has 0 saturated carbocycles. The number of rotatable bonds is 2. The van der Waals surface area contributed by atoms with E-state index in [-0.39, 0.29) is 29.9 Å². The van der Waals surface area contributed by atoms with E-state index < -0.39 is 5.82 Å². The summed E-state index contributed by atoms with van der Waals surface area (Å²) in [5.41, 5.74) is 6.62. The van der Waals surface area contributed by atoms with Crippen molar-refractivity contribution in [1.29, 1.82) is 0 Å². The molecular formula is C16H22FN5O2. The molecule has 2 heterocycles. The van der Waals surface area contributed by atoms with Gasteiger partial charge in [-0.2, -0.15) is 0 Å². The van der Waals surface area contributed by atoms with Gasteiger partial charge < -0.3 is 15.1 Å². The number of piperidine rings is 1. The van der Waals surface area contributed by atoms with Crippen molar-refractivity contribution in [1.82, 2.24) is 20.7 Å². The number of hydrazine groups is 1. The van der Waals surface area contributed by atoms with E-state index in [4.69, 9.17) is 0 Å². The van der Waals surface area contributed by atoms with Crippen LogP contribution in [-0.4, -0.2) is 61.0 Å². The van der Waals surface area contributed by atoms with Crippen LogP contribution in [0.3, 0.4) is 0 Å². The number of carbonyl (C=O) groups excluding carboxylic acids is 2. The summed E-state index contributed by atoms with van der Waals surface area (Å²) in [6.45, 7) is 1.05. The summed E-state index contributed by atoms with van der Waals surface area (Å²) >= 11 is 0. The Morgan fingerprint density at radius 2 is 2.12 bits per heavy atom. The van der Waals surface area contributed by atoms with Crippen LogP contribution in [0, 0.1) is 11.7 Å². The summed E-state index contributed by atoms with van der Waals surface area (Å²) < 4.78 is 13.2. The molecule has 2 fully saturated rings. The van der Waals surface area contributed by atoms with Gasteiger partial charge in [0.2, 0.25) is 5.91 Å². The highest BCUT2D eigenvalue weighted by molar-refractivity contribution is 5.89. The maximum absolute atomic E-state index is 13.2. The fourth-order valence-electron chi connectivity index (χ4n) is 3.28. The smallest absolute Gasteiger partial charge is 0.321 e. The summed E-state index contributed by atoms with van der Waals surface area (Å²) in [5, 5.41) is 2.71. The van der Waals surface area contributed by atoms with Gasteiger partial charge in [0.1, 0.15) is 11.9 Å². The lowest BCUT2D eigenvalue weighted by molar-refractivity contribution is -0.131. The standard InChI is InChI=1S/C16H22FN5O2/c1-21(2)15(23)14-12-9-22(7-6-13(12)19-20-14)16(24)18-11-5-3-4-10(17)8-11/h3-5,8,12-14,19-20H,6-7,9H2,1-2H3,(H,18,24). The van der Waals surface area contributed by atoms with E-state index >= 15 is 0 Å². The predicted octanol–water partition coefficient (Wildman–Crippen LogP) is 0.613. The van der Waals surface area contributed by atoms with Crippen molar-refractivity contribution in [3.63, 3.8) is 0 Å². The van der Waals surface area contributed by atoms with Crippen molar-refractivity contribution in [3.8, 4) is 0 Å². The molecule has 0 spiro atoms. The van der Waals surface area contributed by atoms with Crippen LogP contribution in [0.5, 0.6) is 0 Å². The van der Waals surface area contributed by atoms with Crippen molar-refractivity contribution in [2.24, 2.45) is 5.92 Å². The fraction of sp³-hybridized carbons (Fsp3) is 0.500. The largest absolute Gasteiger partial charge is 0.347 e. The Bertz CT molecular complexity index is 639. The highest BCUT2D eigenvalue weighted by Crippen LogP contribution is 2.25. The van der Waals surface area contributed by atoms with Gasteiger partial charge in [-0.05, 0) is 24.6 Å². The van der Waals surface area contributed by atoms with E-state index in [2.05, 4.69) is 16.2 Å². The molecule has 130 valence electrons. The molecule has 0 radical (unpaired) electrons. The minimum absolute atomic E-state index is 0.00640. The number of likely N-dealkylation sites (N-methyl/N-ethyl adjacent to an activating group) is 1. The second-order valence-electron chi connectivity index (χ2n) is 6.44. The first-order chi connectivity index (χ1) is 11.5. The average molecular weight is 335 g/mol. The number of likely N-dealkylation sites (tertiary alicyclic amines) is 1. The highest BCUT2D eigenvalue weighted by atomic mass is 19.1. The van der Waals surface area contributed by atoms with Crippen LogP contribution in [0.15, 0.2) is 24.3 Å². The van der Waals surface area contributed by atoms with Gasteiger partial charge in [0.05, 0.1) is 0 Å². The Morgan fingerprint density at radius 1 is 1.33 bits per heavy atom. The minimum Gasteiger partial charge on any atom is -0.347 e. The van der Waals surface area contributed by atoms with Gasteiger partial charge in [-0.1, -0.05) is 6.07 Å². The predicted molar refractivity (Wildman–Crippen MR) is 87.6 cm³/mol. The monoisotopic (exact) mass is 335 g/mol. The van der Waals surface area contributed by atoms with Crippen molar-refractivity contribution in [2.45, 2.75) is 18.5 Å². The van der Waals surface area contributed by atoms with Gasteiger partial charge >= 0.3 is 6.03 Å². The van der Waals surface area contributed by atoms with Crippen LogP contribution in [0.25, 0.3) is 0 Å². The number of hydrogen-bond acceptors (Lipinski definition) is 4. The number of nitrogens with one attached hydrogen (secondary N) is 3. The molecule has 3 N–H and O–H groups in total. The molecular weight excluding hydrogens is 313 g/mol.